The maximum atomic E-state index is 11.9. The lowest BCUT2D eigenvalue weighted by atomic mass is 10.1. The highest BCUT2D eigenvalue weighted by molar-refractivity contribution is 7.92. The molecular formula is C14H23N3O4S. The Labute approximate surface area is 131 Å². The quantitative estimate of drug-likeness (QED) is 0.670. The lowest BCUT2D eigenvalue weighted by Gasteiger charge is -2.14. The molecule has 22 heavy (non-hydrogen) atoms. The molecule has 1 aromatic rings. The molecule has 1 rings (SSSR count). The molecule has 1 aromatic carbocycles. The number of benzene rings is 1. The summed E-state index contributed by atoms with van der Waals surface area (Å²) in [5, 5.41) is 2.68. The summed E-state index contributed by atoms with van der Waals surface area (Å²) in [4.78, 5) is 11.9. The molecule has 0 bridgehead atoms. The predicted molar refractivity (Wildman–Crippen MR) is 87.6 cm³/mol. The van der Waals surface area contributed by atoms with Crippen LogP contribution in [0.2, 0.25) is 0 Å². The van der Waals surface area contributed by atoms with E-state index < -0.39 is 16.1 Å². The molecule has 0 fully saturated rings. The molecule has 0 aliphatic carbocycles. The van der Waals surface area contributed by atoms with Crippen molar-refractivity contribution in [3.05, 3.63) is 18.2 Å². The lowest BCUT2D eigenvalue weighted by molar-refractivity contribution is -0.117. The van der Waals surface area contributed by atoms with Crippen LogP contribution in [0.5, 0.6) is 5.75 Å². The van der Waals surface area contributed by atoms with Gasteiger partial charge in [-0.2, -0.15) is 0 Å². The Hall–Kier alpha value is -1.80. The van der Waals surface area contributed by atoms with Crippen LogP contribution in [-0.2, 0) is 14.8 Å². The third-order valence-electron chi connectivity index (χ3n) is 3.05. The van der Waals surface area contributed by atoms with Crippen LogP contribution in [0.4, 0.5) is 11.4 Å². The maximum Gasteiger partial charge on any atom is 0.241 e. The van der Waals surface area contributed by atoms with Gasteiger partial charge in [-0.1, -0.05) is 13.3 Å². The predicted octanol–water partition coefficient (Wildman–Crippen LogP) is 1.52. The van der Waals surface area contributed by atoms with E-state index in [0.29, 0.717) is 23.5 Å². The van der Waals surface area contributed by atoms with Gasteiger partial charge in [0.05, 0.1) is 24.6 Å². The minimum atomic E-state index is -3.40. The maximum absolute atomic E-state index is 11.9. The number of amides is 1. The van der Waals surface area contributed by atoms with Gasteiger partial charge in [-0.3, -0.25) is 9.52 Å². The summed E-state index contributed by atoms with van der Waals surface area (Å²) in [5.41, 5.74) is 6.56. The first-order valence-electron chi connectivity index (χ1n) is 7.08. The van der Waals surface area contributed by atoms with Gasteiger partial charge in [0.25, 0.3) is 0 Å². The first kappa shape index (κ1) is 18.2. The van der Waals surface area contributed by atoms with E-state index in [9.17, 15) is 13.2 Å². The normalized spacial score (nSPS) is 12.5. The number of anilines is 2. The molecule has 1 unspecified atom stereocenters. The van der Waals surface area contributed by atoms with Crippen LogP contribution in [0.15, 0.2) is 18.2 Å². The molecule has 8 heteroatoms. The molecule has 0 spiro atoms. The van der Waals surface area contributed by atoms with Crippen molar-refractivity contribution in [1.29, 1.82) is 0 Å². The van der Waals surface area contributed by atoms with Crippen LogP contribution >= 0.6 is 0 Å². The first-order chi connectivity index (χ1) is 10.3. The Bertz CT molecular complexity index is 617. The molecule has 0 aromatic heterocycles. The van der Waals surface area contributed by atoms with Crippen molar-refractivity contribution in [3.63, 3.8) is 0 Å². The number of nitrogens with two attached hydrogens (primary N) is 1. The van der Waals surface area contributed by atoms with E-state index in [1.807, 2.05) is 6.92 Å². The van der Waals surface area contributed by atoms with Gasteiger partial charge in [0.1, 0.15) is 5.75 Å². The molecule has 4 N–H and O–H groups in total. The van der Waals surface area contributed by atoms with Crippen LogP contribution in [0.25, 0.3) is 0 Å². The summed E-state index contributed by atoms with van der Waals surface area (Å²) in [6, 6.07) is 4.10. The average Bonchev–Trinajstić information content (AvgIpc) is 2.48. The van der Waals surface area contributed by atoms with Gasteiger partial charge in [0, 0.05) is 11.8 Å². The summed E-state index contributed by atoms with van der Waals surface area (Å²) in [6.07, 6.45) is 1.41. The summed E-state index contributed by atoms with van der Waals surface area (Å²) < 4.78 is 30.8. The van der Waals surface area contributed by atoms with E-state index >= 15 is 0 Å². The molecule has 0 heterocycles. The Kier molecular flexibility index (Phi) is 6.63. The summed E-state index contributed by atoms with van der Waals surface area (Å²) in [7, 11) is -1.98. The molecule has 0 aliphatic heterocycles. The van der Waals surface area contributed by atoms with Gasteiger partial charge in [-0.15, -0.1) is 0 Å². The largest absolute Gasteiger partial charge is 0.494 e. The van der Waals surface area contributed by atoms with Crippen LogP contribution in [0.1, 0.15) is 26.7 Å². The SMILES string of the molecule is CCCC(N)C(=O)Nc1ccc(NS(=O)(=O)CC)c(OC)c1. The zero-order valence-electron chi connectivity index (χ0n) is 13.0. The molecule has 1 amide bonds. The molecular weight excluding hydrogens is 306 g/mol. The third-order valence-corrected chi connectivity index (χ3v) is 4.34. The fourth-order valence-corrected chi connectivity index (χ4v) is 2.42. The first-order valence-corrected chi connectivity index (χ1v) is 8.73. The second-order valence-electron chi connectivity index (χ2n) is 4.80. The van der Waals surface area contributed by atoms with Gasteiger partial charge in [0.2, 0.25) is 15.9 Å². The van der Waals surface area contributed by atoms with Crippen molar-refractivity contribution in [2.75, 3.05) is 22.9 Å². The topological polar surface area (TPSA) is 111 Å². The second kappa shape index (κ2) is 8.00. The number of ether oxygens (including phenoxy) is 1. The van der Waals surface area contributed by atoms with Crippen LogP contribution in [-0.4, -0.2) is 33.2 Å². The number of carbonyl (C=O) groups excluding carboxylic acids is 1. The van der Waals surface area contributed by atoms with E-state index in [0.717, 1.165) is 6.42 Å². The number of nitrogens with one attached hydrogen (secondary N) is 2. The van der Waals surface area contributed by atoms with Crippen LogP contribution in [0, 0.1) is 0 Å². The van der Waals surface area contributed by atoms with Gasteiger partial charge in [0.15, 0.2) is 0 Å². The number of carbonyl (C=O) groups is 1. The third kappa shape index (κ3) is 5.19. The Morgan fingerprint density at radius 2 is 2.05 bits per heavy atom. The fourth-order valence-electron chi connectivity index (χ4n) is 1.77. The number of sulfonamides is 1. The molecule has 1 atom stereocenters. The van der Waals surface area contributed by atoms with E-state index in [4.69, 9.17) is 10.5 Å². The number of hydrogen-bond acceptors (Lipinski definition) is 5. The summed E-state index contributed by atoms with van der Waals surface area (Å²) in [6.45, 7) is 3.49. The number of rotatable bonds is 8. The van der Waals surface area contributed by atoms with Crippen LogP contribution in [0.3, 0.4) is 0 Å². The van der Waals surface area contributed by atoms with Gasteiger partial charge in [-0.05, 0) is 25.5 Å². The minimum absolute atomic E-state index is 0.0412. The molecule has 0 saturated heterocycles. The number of methoxy groups -OCH3 is 1. The van der Waals surface area contributed by atoms with E-state index in [2.05, 4.69) is 10.0 Å². The lowest BCUT2D eigenvalue weighted by Crippen LogP contribution is -2.35. The average molecular weight is 329 g/mol. The highest BCUT2D eigenvalue weighted by Gasteiger charge is 2.15. The van der Waals surface area contributed by atoms with Crippen LogP contribution < -0.4 is 20.5 Å². The standard InChI is InChI=1S/C14H23N3O4S/c1-4-6-11(15)14(18)16-10-7-8-12(13(9-10)21-3)17-22(19,20)5-2/h7-9,11,17H,4-6,15H2,1-3H3,(H,16,18). The van der Waals surface area contributed by atoms with Gasteiger partial charge in [-0.25, -0.2) is 8.42 Å². The van der Waals surface area contributed by atoms with E-state index in [1.54, 1.807) is 19.1 Å². The molecule has 0 saturated carbocycles. The molecule has 0 aliphatic rings. The monoisotopic (exact) mass is 329 g/mol. The van der Waals surface area contributed by atoms with Crippen molar-refractivity contribution >= 4 is 27.3 Å². The highest BCUT2D eigenvalue weighted by Crippen LogP contribution is 2.28. The van der Waals surface area contributed by atoms with Crippen molar-refractivity contribution in [2.24, 2.45) is 5.73 Å². The summed E-state index contributed by atoms with van der Waals surface area (Å²) >= 11 is 0. The van der Waals surface area contributed by atoms with Gasteiger partial charge < -0.3 is 15.8 Å². The highest BCUT2D eigenvalue weighted by atomic mass is 32.2. The fraction of sp³-hybridized carbons (Fsp3) is 0.500. The van der Waals surface area contributed by atoms with Crippen molar-refractivity contribution in [2.45, 2.75) is 32.7 Å². The van der Waals surface area contributed by atoms with Crippen molar-refractivity contribution in [3.8, 4) is 5.75 Å². The summed E-state index contributed by atoms with van der Waals surface area (Å²) in [5.74, 6) is -0.00905. The second-order valence-corrected chi connectivity index (χ2v) is 6.82. The van der Waals surface area contributed by atoms with Crippen molar-refractivity contribution < 1.29 is 17.9 Å². The van der Waals surface area contributed by atoms with E-state index in [-0.39, 0.29) is 11.7 Å². The molecule has 0 radical (unpaired) electrons. The minimum Gasteiger partial charge on any atom is -0.494 e. The van der Waals surface area contributed by atoms with E-state index in [1.165, 1.54) is 13.2 Å². The smallest absolute Gasteiger partial charge is 0.241 e. The molecule has 7 nitrogen and oxygen atoms in total. The zero-order chi connectivity index (χ0) is 16.8. The molecule has 124 valence electrons. The Morgan fingerprint density at radius 3 is 2.59 bits per heavy atom. The zero-order valence-corrected chi connectivity index (χ0v) is 13.9. The number of hydrogen-bond donors (Lipinski definition) is 3. The Balaban J connectivity index is 2.91. The van der Waals surface area contributed by atoms with Crippen molar-refractivity contribution in [1.82, 2.24) is 0 Å². The van der Waals surface area contributed by atoms with Gasteiger partial charge >= 0.3 is 0 Å². The Morgan fingerprint density at radius 1 is 1.36 bits per heavy atom.